The smallest absolute Gasteiger partial charge is 0.290 e. The van der Waals surface area contributed by atoms with Gasteiger partial charge in [0.1, 0.15) is 17.5 Å². The van der Waals surface area contributed by atoms with Crippen LogP contribution in [0.15, 0.2) is 46.1 Å². The number of sulfonamides is 1. The number of nitrogens with one attached hydrogen (secondary N) is 2. The standard InChI is InChI=1S/C21H21F3N4O2S2.CH2O2/c1-13(28-6-3-7-28)15-4-2-5-17(22)16(15)10-25-14-8-18(23)21(19(24)9-14)32(29,30)27-20-11-31-12-26-20;2-1-3/h2,4-5,8-9,11-13,25,27H,3,6-7,10H2,1H3;1H,(H,2,3)/t13-;/m1./s1. The first kappa shape index (κ1) is 26.4. The predicted octanol–water partition coefficient (Wildman–Crippen LogP) is 4.44. The van der Waals surface area contributed by atoms with E-state index in [4.69, 9.17) is 9.90 Å². The van der Waals surface area contributed by atoms with Crippen LogP contribution < -0.4 is 10.0 Å². The summed E-state index contributed by atoms with van der Waals surface area (Å²) in [7, 11) is -4.51. The van der Waals surface area contributed by atoms with Gasteiger partial charge in [0.05, 0.1) is 5.51 Å². The van der Waals surface area contributed by atoms with Gasteiger partial charge in [0.15, 0.2) is 10.7 Å². The van der Waals surface area contributed by atoms with Gasteiger partial charge in [0.25, 0.3) is 16.5 Å². The first-order chi connectivity index (χ1) is 16.7. The average Bonchev–Trinajstić information content (AvgIpc) is 3.23. The molecule has 0 bridgehead atoms. The second-order valence-electron chi connectivity index (χ2n) is 7.58. The molecule has 1 aliphatic rings. The van der Waals surface area contributed by atoms with Crippen molar-refractivity contribution in [3.63, 3.8) is 0 Å². The van der Waals surface area contributed by atoms with Crippen LogP contribution in [0.2, 0.25) is 0 Å². The number of rotatable bonds is 8. The first-order valence-corrected chi connectivity index (χ1v) is 12.8. The number of benzene rings is 2. The van der Waals surface area contributed by atoms with Crippen LogP contribution in [0.25, 0.3) is 0 Å². The van der Waals surface area contributed by atoms with Gasteiger partial charge in [-0.1, -0.05) is 12.1 Å². The van der Waals surface area contributed by atoms with Crippen molar-refractivity contribution in [1.82, 2.24) is 9.88 Å². The third-order valence-electron chi connectivity index (χ3n) is 5.45. The second kappa shape index (κ2) is 11.5. The van der Waals surface area contributed by atoms with Crippen molar-refractivity contribution in [3.05, 3.63) is 69.8 Å². The summed E-state index contributed by atoms with van der Waals surface area (Å²) in [5, 5.41) is 11.1. The van der Waals surface area contributed by atoms with Crippen molar-refractivity contribution in [2.75, 3.05) is 23.1 Å². The summed E-state index contributed by atoms with van der Waals surface area (Å²) in [5.74, 6) is -2.98. The molecule has 0 unspecified atom stereocenters. The fourth-order valence-corrected chi connectivity index (χ4v) is 5.32. The molecule has 0 saturated carbocycles. The zero-order valence-electron chi connectivity index (χ0n) is 18.5. The average molecular weight is 529 g/mol. The highest BCUT2D eigenvalue weighted by Crippen LogP contribution is 2.30. The minimum absolute atomic E-state index is 0.00147. The number of aromatic nitrogens is 1. The molecule has 0 radical (unpaired) electrons. The van der Waals surface area contributed by atoms with Gasteiger partial charge in [0.2, 0.25) is 0 Å². The van der Waals surface area contributed by atoms with Crippen LogP contribution in [0.5, 0.6) is 0 Å². The van der Waals surface area contributed by atoms with E-state index in [0.29, 0.717) is 5.56 Å². The maximum absolute atomic E-state index is 14.6. The summed E-state index contributed by atoms with van der Waals surface area (Å²) in [6, 6.07) is 6.57. The summed E-state index contributed by atoms with van der Waals surface area (Å²) in [6.45, 7) is 3.60. The molecule has 1 saturated heterocycles. The summed E-state index contributed by atoms with van der Waals surface area (Å²) < 4.78 is 70.6. The highest BCUT2D eigenvalue weighted by atomic mass is 32.2. The number of halogens is 3. The molecule has 2 heterocycles. The van der Waals surface area contributed by atoms with Crippen LogP contribution in [0.4, 0.5) is 24.7 Å². The molecule has 1 fully saturated rings. The molecule has 1 aliphatic heterocycles. The van der Waals surface area contributed by atoms with Gasteiger partial charge in [-0.2, -0.15) is 0 Å². The number of anilines is 2. The Balaban J connectivity index is 0.00000108. The van der Waals surface area contributed by atoms with Crippen molar-refractivity contribution >= 4 is 39.3 Å². The maximum Gasteiger partial charge on any atom is 0.290 e. The van der Waals surface area contributed by atoms with Crippen LogP contribution in [-0.4, -0.2) is 43.0 Å². The van der Waals surface area contributed by atoms with E-state index in [9.17, 15) is 21.6 Å². The molecule has 188 valence electrons. The lowest BCUT2D eigenvalue weighted by Gasteiger charge is -2.37. The Labute approximate surface area is 204 Å². The van der Waals surface area contributed by atoms with Crippen molar-refractivity contribution in [2.45, 2.75) is 30.8 Å². The van der Waals surface area contributed by atoms with Gasteiger partial charge in [-0.05, 0) is 50.2 Å². The van der Waals surface area contributed by atoms with Crippen molar-refractivity contribution in [1.29, 1.82) is 0 Å². The topological polar surface area (TPSA) is 112 Å². The quantitative estimate of drug-likeness (QED) is 0.371. The lowest BCUT2D eigenvalue weighted by Crippen LogP contribution is -2.39. The van der Waals surface area contributed by atoms with E-state index in [0.717, 1.165) is 48.5 Å². The van der Waals surface area contributed by atoms with E-state index >= 15 is 0 Å². The van der Waals surface area contributed by atoms with Gasteiger partial charge in [-0.3, -0.25) is 14.4 Å². The number of hydrogen-bond acceptors (Lipinski definition) is 7. The second-order valence-corrected chi connectivity index (χ2v) is 9.92. The first-order valence-electron chi connectivity index (χ1n) is 10.4. The number of carboxylic acid groups (broad SMARTS) is 1. The molecule has 8 nitrogen and oxygen atoms in total. The third kappa shape index (κ3) is 6.29. The number of carbonyl (C=O) groups is 1. The Hall–Kier alpha value is -3.16. The predicted molar refractivity (Wildman–Crippen MR) is 126 cm³/mol. The highest BCUT2D eigenvalue weighted by molar-refractivity contribution is 7.92. The number of nitrogens with zero attached hydrogens (tertiary/aromatic N) is 2. The fraction of sp³-hybridized carbons (Fsp3) is 0.273. The van der Waals surface area contributed by atoms with Crippen LogP contribution in [0, 0.1) is 17.5 Å². The Bertz CT molecular complexity index is 1250. The largest absolute Gasteiger partial charge is 0.483 e. The summed E-state index contributed by atoms with van der Waals surface area (Å²) in [5.41, 5.74) is 2.58. The van der Waals surface area contributed by atoms with Crippen molar-refractivity contribution in [3.8, 4) is 0 Å². The van der Waals surface area contributed by atoms with Gasteiger partial charge >= 0.3 is 0 Å². The molecule has 1 atom stereocenters. The Kier molecular flexibility index (Phi) is 8.70. The molecule has 13 heteroatoms. The molecule has 1 aromatic heterocycles. The molecule has 3 aromatic rings. The lowest BCUT2D eigenvalue weighted by molar-refractivity contribution is -0.122. The van der Waals surface area contributed by atoms with Gasteiger partial charge in [-0.25, -0.2) is 26.6 Å². The van der Waals surface area contributed by atoms with E-state index in [1.807, 2.05) is 17.7 Å². The molecular weight excluding hydrogens is 505 g/mol. The summed E-state index contributed by atoms with van der Waals surface area (Å²) >= 11 is 1.13. The molecule has 0 spiro atoms. The summed E-state index contributed by atoms with van der Waals surface area (Å²) in [4.78, 5) is 13.2. The third-order valence-corrected chi connectivity index (χ3v) is 7.44. The minimum Gasteiger partial charge on any atom is -0.483 e. The Morgan fingerprint density at radius 2 is 1.86 bits per heavy atom. The molecule has 0 aliphatic carbocycles. The van der Waals surface area contributed by atoms with E-state index in [2.05, 4.69) is 15.2 Å². The van der Waals surface area contributed by atoms with Crippen molar-refractivity contribution < 1.29 is 31.5 Å². The molecule has 4 rings (SSSR count). The number of hydrogen-bond donors (Lipinski definition) is 3. The zero-order chi connectivity index (χ0) is 25.6. The maximum atomic E-state index is 14.6. The molecule has 2 aromatic carbocycles. The minimum atomic E-state index is -4.51. The summed E-state index contributed by atoms with van der Waals surface area (Å²) in [6.07, 6.45) is 1.10. The van der Waals surface area contributed by atoms with Crippen molar-refractivity contribution in [2.24, 2.45) is 0 Å². The van der Waals surface area contributed by atoms with Gasteiger partial charge in [0, 0.05) is 29.2 Å². The highest BCUT2D eigenvalue weighted by Gasteiger charge is 2.27. The normalized spacial score (nSPS) is 14.3. The molecular formula is C22H23F3N4O4S2. The lowest BCUT2D eigenvalue weighted by atomic mass is 9.97. The zero-order valence-corrected chi connectivity index (χ0v) is 20.2. The number of likely N-dealkylation sites (tertiary alicyclic amines) is 1. The number of thiazole rings is 1. The fourth-order valence-electron chi connectivity index (χ4n) is 3.64. The van der Waals surface area contributed by atoms with E-state index in [-0.39, 0.29) is 30.6 Å². The Morgan fingerprint density at radius 1 is 1.20 bits per heavy atom. The van der Waals surface area contributed by atoms with E-state index < -0.39 is 32.4 Å². The van der Waals surface area contributed by atoms with E-state index in [1.54, 1.807) is 6.07 Å². The molecule has 3 N–H and O–H groups in total. The molecule has 35 heavy (non-hydrogen) atoms. The Morgan fingerprint density at radius 3 is 2.40 bits per heavy atom. The molecule has 0 amide bonds. The monoisotopic (exact) mass is 528 g/mol. The van der Waals surface area contributed by atoms with Gasteiger partial charge in [-0.15, -0.1) is 11.3 Å². The van der Waals surface area contributed by atoms with Crippen LogP contribution >= 0.6 is 11.3 Å². The SMILES string of the molecule is C[C@H](c1cccc(F)c1CNc1cc(F)c(S(=O)(=O)Nc2cscn2)c(F)c1)N1CCC1.O=CO. The van der Waals surface area contributed by atoms with E-state index in [1.165, 1.54) is 17.0 Å². The van der Waals surface area contributed by atoms with Crippen LogP contribution in [0.1, 0.15) is 30.5 Å². The van der Waals surface area contributed by atoms with Gasteiger partial charge < -0.3 is 10.4 Å². The van der Waals surface area contributed by atoms with Crippen LogP contribution in [-0.2, 0) is 21.4 Å². The van der Waals surface area contributed by atoms with Crippen LogP contribution in [0.3, 0.4) is 0 Å².